The van der Waals surface area contributed by atoms with E-state index in [1.807, 2.05) is 10.5 Å². The lowest BCUT2D eigenvalue weighted by molar-refractivity contribution is 0.644. The van der Waals surface area contributed by atoms with Gasteiger partial charge in [-0.05, 0) is 31.0 Å². The Morgan fingerprint density at radius 2 is 2.40 bits per heavy atom. The van der Waals surface area contributed by atoms with Gasteiger partial charge in [0.25, 0.3) is 0 Å². The summed E-state index contributed by atoms with van der Waals surface area (Å²) in [6, 6.07) is 4.62. The van der Waals surface area contributed by atoms with Crippen molar-refractivity contribution in [2.75, 3.05) is 6.54 Å². The first-order chi connectivity index (χ1) is 7.34. The maximum Gasteiger partial charge on any atom is 0.137 e. The Labute approximate surface area is 93.1 Å². The summed E-state index contributed by atoms with van der Waals surface area (Å²) in [6.45, 7) is 1.11. The Balaban J connectivity index is 2.08. The predicted octanol–water partition coefficient (Wildman–Crippen LogP) is 2.41. The summed E-state index contributed by atoms with van der Waals surface area (Å²) in [5, 5.41) is 4.14. The quantitative estimate of drug-likeness (QED) is 0.802. The number of imidazole rings is 1. The van der Waals surface area contributed by atoms with Gasteiger partial charge in [0, 0.05) is 12.2 Å². The predicted molar refractivity (Wildman–Crippen MR) is 60.2 cm³/mol. The normalized spacial score (nSPS) is 21.3. The number of hydrogen-bond acceptors (Lipinski definition) is 2. The van der Waals surface area contributed by atoms with Crippen LogP contribution >= 0.6 is 11.6 Å². The first-order valence-electron chi connectivity index (χ1n) is 5.20. The molecule has 3 rings (SSSR count). The second kappa shape index (κ2) is 3.51. The molecule has 15 heavy (non-hydrogen) atoms. The lowest BCUT2D eigenvalue weighted by Crippen LogP contribution is -2.13. The molecule has 1 saturated heterocycles. The highest BCUT2D eigenvalue weighted by Crippen LogP contribution is 2.24. The number of aromatic nitrogens is 2. The van der Waals surface area contributed by atoms with Crippen molar-refractivity contribution in [3.05, 3.63) is 35.2 Å². The minimum Gasteiger partial charge on any atom is -0.310 e. The SMILES string of the molecule is Clc1cnc2ccc(C3CCCN3)cn12. The van der Waals surface area contributed by atoms with Gasteiger partial charge in [-0.2, -0.15) is 0 Å². The molecule has 0 saturated carbocycles. The van der Waals surface area contributed by atoms with Gasteiger partial charge in [0.15, 0.2) is 0 Å². The molecule has 2 aromatic rings. The molecule has 1 aliphatic rings. The molecular weight excluding hydrogens is 210 g/mol. The van der Waals surface area contributed by atoms with Crippen LogP contribution in [0.15, 0.2) is 24.5 Å². The monoisotopic (exact) mass is 221 g/mol. The summed E-state index contributed by atoms with van der Waals surface area (Å²) in [4.78, 5) is 4.20. The molecule has 1 atom stereocenters. The van der Waals surface area contributed by atoms with Crippen LogP contribution in [-0.2, 0) is 0 Å². The lowest BCUT2D eigenvalue weighted by atomic mass is 10.1. The van der Waals surface area contributed by atoms with E-state index in [9.17, 15) is 0 Å². The van der Waals surface area contributed by atoms with Crippen molar-refractivity contribution in [1.29, 1.82) is 0 Å². The van der Waals surface area contributed by atoms with Crippen LogP contribution in [0.25, 0.3) is 5.65 Å². The van der Waals surface area contributed by atoms with E-state index >= 15 is 0 Å². The van der Waals surface area contributed by atoms with Gasteiger partial charge in [-0.3, -0.25) is 4.40 Å². The third-order valence-electron chi connectivity index (χ3n) is 2.95. The number of rotatable bonds is 1. The number of nitrogens with zero attached hydrogens (tertiary/aromatic N) is 2. The van der Waals surface area contributed by atoms with Crippen LogP contribution in [0.4, 0.5) is 0 Å². The van der Waals surface area contributed by atoms with Crippen molar-refractivity contribution in [2.24, 2.45) is 0 Å². The number of halogens is 1. The molecule has 3 nitrogen and oxygen atoms in total. The molecule has 1 fully saturated rings. The van der Waals surface area contributed by atoms with Gasteiger partial charge in [0.1, 0.15) is 10.8 Å². The highest BCUT2D eigenvalue weighted by Gasteiger charge is 2.16. The maximum atomic E-state index is 6.03. The molecule has 78 valence electrons. The van der Waals surface area contributed by atoms with Gasteiger partial charge in [-0.25, -0.2) is 4.98 Å². The van der Waals surface area contributed by atoms with Gasteiger partial charge in [0.2, 0.25) is 0 Å². The smallest absolute Gasteiger partial charge is 0.137 e. The largest absolute Gasteiger partial charge is 0.310 e. The second-order valence-corrected chi connectivity index (χ2v) is 4.31. The van der Waals surface area contributed by atoms with E-state index in [1.54, 1.807) is 6.20 Å². The van der Waals surface area contributed by atoms with Gasteiger partial charge in [-0.15, -0.1) is 0 Å². The maximum absolute atomic E-state index is 6.03. The Bertz CT molecular complexity index is 486. The molecular formula is C11H12ClN3. The van der Waals surface area contributed by atoms with Crippen molar-refractivity contribution >= 4 is 17.2 Å². The van der Waals surface area contributed by atoms with Crippen LogP contribution in [-0.4, -0.2) is 15.9 Å². The lowest BCUT2D eigenvalue weighted by Gasteiger charge is -2.10. The van der Waals surface area contributed by atoms with Crippen molar-refractivity contribution in [1.82, 2.24) is 14.7 Å². The molecule has 0 spiro atoms. The topological polar surface area (TPSA) is 29.3 Å². The fraction of sp³-hybridized carbons (Fsp3) is 0.364. The standard InChI is InChI=1S/C11H12ClN3/c12-10-6-14-11-4-3-8(7-15(10)11)9-2-1-5-13-9/h3-4,6-7,9,13H,1-2,5H2. The molecule has 0 aliphatic carbocycles. The molecule has 1 unspecified atom stereocenters. The zero-order valence-electron chi connectivity index (χ0n) is 8.28. The third kappa shape index (κ3) is 1.52. The average Bonchev–Trinajstić information content (AvgIpc) is 2.88. The molecule has 4 heteroatoms. The summed E-state index contributed by atoms with van der Waals surface area (Å²) in [5.74, 6) is 0. The molecule has 0 amide bonds. The fourth-order valence-electron chi connectivity index (χ4n) is 2.14. The number of nitrogens with one attached hydrogen (secondary N) is 1. The second-order valence-electron chi connectivity index (χ2n) is 3.92. The molecule has 3 heterocycles. The highest BCUT2D eigenvalue weighted by atomic mass is 35.5. The number of hydrogen-bond donors (Lipinski definition) is 1. The fourth-order valence-corrected chi connectivity index (χ4v) is 2.33. The Kier molecular flexibility index (Phi) is 2.15. The first-order valence-corrected chi connectivity index (χ1v) is 5.58. The van der Waals surface area contributed by atoms with Crippen molar-refractivity contribution < 1.29 is 0 Å². The van der Waals surface area contributed by atoms with Crippen LogP contribution in [0, 0.1) is 0 Å². The van der Waals surface area contributed by atoms with Crippen molar-refractivity contribution in [3.63, 3.8) is 0 Å². The van der Waals surface area contributed by atoms with Crippen LogP contribution in [0.3, 0.4) is 0 Å². The van der Waals surface area contributed by atoms with E-state index in [-0.39, 0.29) is 0 Å². The number of pyridine rings is 1. The van der Waals surface area contributed by atoms with Gasteiger partial charge < -0.3 is 5.32 Å². The van der Waals surface area contributed by atoms with Crippen LogP contribution in [0.5, 0.6) is 0 Å². The third-order valence-corrected chi connectivity index (χ3v) is 3.23. The zero-order valence-corrected chi connectivity index (χ0v) is 9.04. The summed E-state index contributed by atoms with van der Waals surface area (Å²) in [6.07, 6.45) is 6.22. The van der Waals surface area contributed by atoms with Crippen LogP contribution in [0.1, 0.15) is 24.4 Å². The van der Waals surface area contributed by atoms with Crippen molar-refractivity contribution in [3.8, 4) is 0 Å². The minimum absolute atomic E-state index is 0.480. The summed E-state index contributed by atoms with van der Waals surface area (Å²) in [7, 11) is 0. The molecule has 0 aromatic carbocycles. The zero-order chi connectivity index (χ0) is 10.3. The van der Waals surface area contributed by atoms with E-state index in [4.69, 9.17) is 11.6 Å². The van der Waals surface area contributed by atoms with E-state index in [1.165, 1.54) is 18.4 Å². The van der Waals surface area contributed by atoms with Crippen LogP contribution in [0.2, 0.25) is 5.15 Å². The summed E-state index contributed by atoms with van der Waals surface area (Å²) < 4.78 is 1.93. The Morgan fingerprint density at radius 1 is 1.47 bits per heavy atom. The molecule has 0 radical (unpaired) electrons. The molecule has 0 bridgehead atoms. The molecule has 1 N–H and O–H groups in total. The van der Waals surface area contributed by atoms with Crippen LogP contribution < -0.4 is 5.32 Å². The van der Waals surface area contributed by atoms with Crippen molar-refractivity contribution in [2.45, 2.75) is 18.9 Å². The van der Waals surface area contributed by atoms with E-state index < -0.39 is 0 Å². The Hall–Kier alpha value is -1.06. The van der Waals surface area contributed by atoms with Gasteiger partial charge in [-0.1, -0.05) is 17.7 Å². The van der Waals surface area contributed by atoms with Gasteiger partial charge in [0.05, 0.1) is 6.20 Å². The Morgan fingerprint density at radius 3 is 3.20 bits per heavy atom. The van der Waals surface area contributed by atoms with E-state index in [0.29, 0.717) is 11.2 Å². The number of fused-ring (bicyclic) bond motifs is 1. The minimum atomic E-state index is 0.480. The summed E-state index contributed by atoms with van der Waals surface area (Å²) in [5.41, 5.74) is 2.20. The highest BCUT2D eigenvalue weighted by molar-refractivity contribution is 6.29. The average molecular weight is 222 g/mol. The van der Waals surface area contributed by atoms with E-state index in [2.05, 4.69) is 22.6 Å². The molecule has 2 aromatic heterocycles. The molecule has 1 aliphatic heterocycles. The summed E-state index contributed by atoms with van der Waals surface area (Å²) >= 11 is 6.03. The first kappa shape index (κ1) is 9.19. The van der Waals surface area contributed by atoms with Gasteiger partial charge >= 0.3 is 0 Å². The van der Waals surface area contributed by atoms with E-state index in [0.717, 1.165) is 12.2 Å².